The summed E-state index contributed by atoms with van der Waals surface area (Å²) in [4.78, 5) is -0.205. The van der Waals surface area contributed by atoms with Gasteiger partial charge in [0, 0.05) is 0 Å². The Labute approximate surface area is 221 Å². The number of sulfone groups is 2. The van der Waals surface area contributed by atoms with Gasteiger partial charge in [-0.2, -0.15) is 0 Å². The Morgan fingerprint density at radius 2 is 0.684 bits per heavy atom. The summed E-state index contributed by atoms with van der Waals surface area (Å²) in [5.41, 5.74) is 0. The highest BCUT2D eigenvalue weighted by molar-refractivity contribution is 7.92. The third-order valence-corrected chi connectivity index (χ3v) is 9.19. The lowest BCUT2D eigenvalue weighted by atomic mass is 10.3. The zero-order valence-electron chi connectivity index (χ0n) is 20.0. The van der Waals surface area contributed by atoms with E-state index >= 15 is 0 Å². The van der Waals surface area contributed by atoms with Crippen LogP contribution in [0.25, 0.3) is 0 Å². The topological polar surface area (TPSA) is 86.7 Å². The summed E-state index contributed by atoms with van der Waals surface area (Å²) in [5, 5.41) is 0. The van der Waals surface area contributed by atoms with E-state index in [1.165, 1.54) is 48.5 Å². The summed E-state index contributed by atoms with van der Waals surface area (Å²) in [6.07, 6.45) is 0. The Hall–Kier alpha value is -4.40. The van der Waals surface area contributed by atoms with E-state index in [4.69, 9.17) is 9.47 Å². The molecule has 0 aliphatic carbocycles. The minimum absolute atomic E-state index is 0.0230. The molecule has 0 saturated carbocycles. The fraction of sp³-hybridized carbons (Fsp3) is 0. The monoisotopic (exact) mass is 542 g/mol. The molecule has 5 rings (SSSR count). The van der Waals surface area contributed by atoms with Crippen LogP contribution in [0.2, 0.25) is 0 Å². The van der Waals surface area contributed by atoms with Gasteiger partial charge in [-0.05, 0) is 91.0 Å². The molecule has 190 valence electrons. The van der Waals surface area contributed by atoms with Crippen LogP contribution in [0.5, 0.6) is 23.0 Å². The van der Waals surface area contributed by atoms with Crippen LogP contribution in [0.15, 0.2) is 153 Å². The van der Waals surface area contributed by atoms with Gasteiger partial charge in [-0.1, -0.05) is 42.5 Å². The molecule has 0 spiro atoms. The summed E-state index contributed by atoms with van der Waals surface area (Å²) >= 11 is 0. The number of benzene rings is 5. The van der Waals surface area contributed by atoms with Crippen LogP contribution in [-0.4, -0.2) is 16.8 Å². The summed E-state index contributed by atoms with van der Waals surface area (Å²) in [6.45, 7) is 0. The molecule has 5 aromatic rings. The molecule has 5 aromatic carbocycles. The van der Waals surface area contributed by atoms with Crippen LogP contribution in [-0.2, 0) is 19.7 Å². The largest absolute Gasteiger partial charge is 0.457 e. The molecule has 38 heavy (non-hydrogen) atoms. The normalized spacial score (nSPS) is 11.6. The van der Waals surface area contributed by atoms with Crippen molar-refractivity contribution in [2.24, 2.45) is 0 Å². The molecule has 0 radical (unpaired) electrons. The SMILES string of the molecule is O=S(=O)(c1ccc(Oc2ccccc2)cc1)c1cccc(S(=O)(=O)c2ccc(Oc3ccccc3)cc2)c1. The van der Waals surface area contributed by atoms with E-state index in [-0.39, 0.29) is 19.6 Å². The minimum atomic E-state index is -3.97. The van der Waals surface area contributed by atoms with E-state index < -0.39 is 19.7 Å². The number of hydrogen-bond donors (Lipinski definition) is 0. The molecule has 8 heteroatoms. The number of hydrogen-bond acceptors (Lipinski definition) is 6. The highest BCUT2D eigenvalue weighted by Crippen LogP contribution is 2.30. The van der Waals surface area contributed by atoms with Crippen LogP contribution in [0.1, 0.15) is 0 Å². The summed E-state index contributed by atoms with van der Waals surface area (Å²) in [5.74, 6) is 2.21. The van der Waals surface area contributed by atoms with Crippen molar-refractivity contribution >= 4 is 19.7 Å². The van der Waals surface area contributed by atoms with Gasteiger partial charge in [0.1, 0.15) is 23.0 Å². The molecule has 0 aromatic heterocycles. The van der Waals surface area contributed by atoms with Crippen LogP contribution < -0.4 is 9.47 Å². The van der Waals surface area contributed by atoms with Crippen molar-refractivity contribution in [3.05, 3.63) is 133 Å². The first kappa shape index (κ1) is 25.3. The third kappa shape index (κ3) is 5.46. The lowest BCUT2D eigenvalue weighted by Gasteiger charge is -2.10. The molecular weight excluding hydrogens is 520 g/mol. The highest BCUT2D eigenvalue weighted by Gasteiger charge is 2.23. The molecule has 0 amide bonds. The highest BCUT2D eigenvalue weighted by atomic mass is 32.2. The van der Waals surface area contributed by atoms with E-state index in [9.17, 15) is 16.8 Å². The van der Waals surface area contributed by atoms with Crippen LogP contribution in [0.3, 0.4) is 0 Å². The molecule has 0 atom stereocenters. The predicted molar refractivity (Wildman–Crippen MR) is 143 cm³/mol. The molecule has 6 nitrogen and oxygen atoms in total. The Morgan fingerprint density at radius 1 is 0.342 bits per heavy atom. The van der Waals surface area contributed by atoms with Gasteiger partial charge < -0.3 is 9.47 Å². The van der Waals surface area contributed by atoms with Crippen LogP contribution in [0, 0.1) is 0 Å². The standard InChI is InChI=1S/C30H22O6S2/c31-37(32,27-18-14-25(15-19-27)35-23-8-3-1-4-9-23)29-12-7-13-30(22-29)38(33,34)28-20-16-26(17-21-28)36-24-10-5-2-6-11-24/h1-22H. The molecule has 0 fully saturated rings. The van der Waals surface area contributed by atoms with Crippen LogP contribution in [0.4, 0.5) is 0 Å². The Balaban J connectivity index is 1.37. The maximum absolute atomic E-state index is 13.3. The van der Waals surface area contributed by atoms with Crippen molar-refractivity contribution in [2.75, 3.05) is 0 Å². The third-order valence-electron chi connectivity index (χ3n) is 5.65. The maximum Gasteiger partial charge on any atom is 0.206 e. The molecule has 0 N–H and O–H groups in total. The van der Waals surface area contributed by atoms with E-state index in [2.05, 4.69) is 0 Å². The second-order valence-corrected chi connectivity index (χ2v) is 12.2. The lowest BCUT2D eigenvalue weighted by Crippen LogP contribution is -2.06. The molecule has 0 heterocycles. The summed E-state index contributed by atoms with van der Waals surface area (Å²) < 4.78 is 64.6. The van der Waals surface area contributed by atoms with E-state index in [1.807, 2.05) is 36.4 Å². The lowest BCUT2D eigenvalue weighted by molar-refractivity contribution is 0.482. The molecule has 0 aliphatic rings. The zero-order chi connectivity index (χ0) is 26.6. The summed E-state index contributed by atoms with van der Waals surface area (Å²) in [6, 6.07) is 35.5. The molecule has 0 unspecified atom stereocenters. The van der Waals surface area contributed by atoms with Crippen molar-refractivity contribution < 1.29 is 26.3 Å². The molecule has 0 saturated heterocycles. The number of rotatable bonds is 8. The zero-order valence-corrected chi connectivity index (χ0v) is 21.6. The van der Waals surface area contributed by atoms with Gasteiger partial charge in [0.05, 0.1) is 19.6 Å². The van der Waals surface area contributed by atoms with Gasteiger partial charge in [-0.25, -0.2) is 16.8 Å². The van der Waals surface area contributed by atoms with E-state index in [0.717, 1.165) is 0 Å². The first-order valence-electron chi connectivity index (χ1n) is 11.6. The van der Waals surface area contributed by atoms with Crippen LogP contribution >= 0.6 is 0 Å². The fourth-order valence-electron chi connectivity index (χ4n) is 3.70. The minimum Gasteiger partial charge on any atom is -0.457 e. The maximum atomic E-state index is 13.3. The van der Waals surface area contributed by atoms with Gasteiger partial charge in [-0.15, -0.1) is 0 Å². The second kappa shape index (κ2) is 10.5. The molecule has 0 aliphatic heterocycles. The molecule has 0 bridgehead atoms. The van der Waals surface area contributed by atoms with Crippen molar-refractivity contribution in [1.29, 1.82) is 0 Å². The average Bonchev–Trinajstić information content (AvgIpc) is 2.95. The quantitative estimate of drug-likeness (QED) is 0.211. The number of para-hydroxylation sites is 2. The first-order valence-corrected chi connectivity index (χ1v) is 14.6. The van der Waals surface area contributed by atoms with Crippen molar-refractivity contribution in [2.45, 2.75) is 19.6 Å². The van der Waals surface area contributed by atoms with Gasteiger partial charge >= 0.3 is 0 Å². The van der Waals surface area contributed by atoms with Crippen molar-refractivity contribution in [1.82, 2.24) is 0 Å². The van der Waals surface area contributed by atoms with Gasteiger partial charge in [-0.3, -0.25) is 0 Å². The Morgan fingerprint density at radius 3 is 1.05 bits per heavy atom. The first-order chi connectivity index (χ1) is 18.3. The smallest absolute Gasteiger partial charge is 0.206 e. The van der Waals surface area contributed by atoms with Gasteiger partial charge in [0.15, 0.2) is 0 Å². The van der Waals surface area contributed by atoms with Gasteiger partial charge in [0.2, 0.25) is 19.7 Å². The van der Waals surface area contributed by atoms with Crippen molar-refractivity contribution in [3.8, 4) is 23.0 Å². The fourth-order valence-corrected chi connectivity index (χ4v) is 6.39. The molecular formula is C30H22O6S2. The Kier molecular flexibility index (Phi) is 7.00. The van der Waals surface area contributed by atoms with Gasteiger partial charge in [0.25, 0.3) is 0 Å². The Bertz CT molecular complexity index is 1620. The average molecular weight is 543 g/mol. The second-order valence-electron chi connectivity index (χ2n) is 8.25. The summed E-state index contributed by atoms with van der Waals surface area (Å²) in [7, 11) is -7.95. The van der Waals surface area contributed by atoms with E-state index in [0.29, 0.717) is 23.0 Å². The predicted octanol–water partition coefficient (Wildman–Crippen LogP) is 6.94. The van der Waals surface area contributed by atoms with Crippen molar-refractivity contribution in [3.63, 3.8) is 0 Å². The number of ether oxygens (including phenoxy) is 2. The van der Waals surface area contributed by atoms with E-state index in [1.54, 1.807) is 48.5 Å².